The molecule has 3 rings (SSSR count). The number of hydrogen-bond donors (Lipinski definition) is 2. The van der Waals surface area contributed by atoms with Crippen molar-refractivity contribution in [2.24, 2.45) is 5.92 Å². The van der Waals surface area contributed by atoms with Crippen molar-refractivity contribution in [3.05, 3.63) is 35.7 Å². The zero-order valence-electron chi connectivity index (χ0n) is 14.1. The highest BCUT2D eigenvalue weighted by molar-refractivity contribution is 5.78. The summed E-state index contributed by atoms with van der Waals surface area (Å²) in [6.45, 7) is 5.42. The lowest BCUT2D eigenvalue weighted by molar-refractivity contribution is -0.122. The van der Waals surface area contributed by atoms with Crippen LogP contribution in [0.5, 0.6) is 0 Å². The highest BCUT2D eigenvalue weighted by Crippen LogP contribution is 2.30. The third kappa shape index (κ3) is 4.03. The van der Waals surface area contributed by atoms with E-state index in [1.807, 2.05) is 32.2 Å². The fourth-order valence-electron chi connectivity index (χ4n) is 2.91. The van der Waals surface area contributed by atoms with Crippen LogP contribution in [0.25, 0.3) is 0 Å². The normalized spacial score (nSPS) is 17.1. The predicted octanol–water partition coefficient (Wildman–Crippen LogP) is 2.35. The van der Waals surface area contributed by atoms with Crippen molar-refractivity contribution >= 4 is 5.91 Å². The Hall–Kier alpha value is -2.15. The molecule has 0 unspecified atom stereocenters. The Morgan fingerprint density at radius 2 is 2.21 bits per heavy atom. The second-order valence-electron chi connectivity index (χ2n) is 6.51. The van der Waals surface area contributed by atoms with Gasteiger partial charge in [-0.05, 0) is 30.9 Å². The minimum absolute atomic E-state index is 0.0572. The molecule has 0 saturated carbocycles. The summed E-state index contributed by atoms with van der Waals surface area (Å²) in [4.78, 5) is 20.0. The number of nitrogens with one attached hydrogen (secondary N) is 2. The molecule has 2 aromatic heterocycles. The summed E-state index contributed by atoms with van der Waals surface area (Å²) >= 11 is 0. The zero-order chi connectivity index (χ0) is 16.9. The molecule has 1 atom stereocenters. The van der Waals surface area contributed by atoms with Crippen LogP contribution in [-0.4, -0.2) is 34.2 Å². The molecule has 1 fully saturated rings. The van der Waals surface area contributed by atoms with Crippen molar-refractivity contribution in [1.29, 1.82) is 0 Å². The highest BCUT2D eigenvalue weighted by Gasteiger charge is 2.31. The Morgan fingerprint density at radius 3 is 2.83 bits per heavy atom. The van der Waals surface area contributed by atoms with E-state index in [9.17, 15) is 4.79 Å². The van der Waals surface area contributed by atoms with Gasteiger partial charge in [0.05, 0.1) is 6.42 Å². The summed E-state index contributed by atoms with van der Waals surface area (Å²) in [6.07, 6.45) is 3.85. The molecule has 0 radical (unpaired) electrons. The second-order valence-corrected chi connectivity index (χ2v) is 6.51. The predicted molar refractivity (Wildman–Crippen MR) is 87.3 cm³/mol. The first-order chi connectivity index (χ1) is 11.6. The fraction of sp³-hybridized carbons (Fsp3) is 0.588. The second kappa shape index (κ2) is 7.61. The first-order valence-corrected chi connectivity index (χ1v) is 8.46. The number of hydrogen-bond acceptors (Lipinski definition) is 5. The van der Waals surface area contributed by atoms with E-state index in [0.717, 1.165) is 18.5 Å². The maximum absolute atomic E-state index is 12.4. The van der Waals surface area contributed by atoms with Gasteiger partial charge >= 0.3 is 0 Å². The summed E-state index contributed by atoms with van der Waals surface area (Å²) in [7, 11) is 0. The SMILES string of the molecule is CC(C)c1noc([C@H](NC(=O)Cc2ccc[nH]2)C2CCOCC2)n1. The summed E-state index contributed by atoms with van der Waals surface area (Å²) in [5, 5.41) is 7.12. The van der Waals surface area contributed by atoms with E-state index in [4.69, 9.17) is 9.26 Å². The number of carbonyl (C=O) groups is 1. The van der Waals surface area contributed by atoms with Crippen molar-refractivity contribution in [2.75, 3.05) is 13.2 Å². The van der Waals surface area contributed by atoms with Gasteiger partial charge < -0.3 is 19.6 Å². The molecular weight excluding hydrogens is 308 g/mol. The van der Waals surface area contributed by atoms with Gasteiger partial charge in [-0.15, -0.1) is 0 Å². The molecule has 1 aliphatic heterocycles. The lowest BCUT2D eigenvalue weighted by Gasteiger charge is -2.28. The molecular formula is C17H24N4O3. The Morgan fingerprint density at radius 1 is 1.42 bits per heavy atom. The number of H-pyrrole nitrogens is 1. The van der Waals surface area contributed by atoms with Crippen molar-refractivity contribution in [3.8, 4) is 0 Å². The van der Waals surface area contributed by atoms with Crippen molar-refractivity contribution in [2.45, 2.75) is 45.1 Å². The minimum atomic E-state index is -0.267. The fourth-order valence-corrected chi connectivity index (χ4v) is 2.91. The molecule has 2 N–H and O–H groups in total. The molecule has 7 nitrogen and oxygen atoms in total. The first kappa shape index (κ1) is 16.7. The number of aromatic nitrogens is 3. The number of aromatic amines is 1. The smallest absolute Gasteiger partial charge is 0.249 e. The molecule has 1 amide bonds. The maximum atomic E-state index is 12.4. The van der Waals surface area contributed by atoms with Crippen LogP contribution in [0.2, 0.25) is 0 Å². The van der Waals surface area contributed by atoms with Crippen molar-refractivity contribution in [1.82, 2.24) is 20.4 Å². The van der Waals surface area contributed by atoms with Crippen LogP contribution in [0.3, 0.4) is 0 Å². The summed E-state index contributed by atoms with van der Waals surface area (Å²) < 4.78 is 10.9. The lowest BCUT2D eigenvalue weighted by Crippen LogP contribution is -2.37. The number of amides is 1. The van der Waals surface area contributed by atoms with E-state index in [2.05, 4.69) is 20.4 Å². The van der Waals surface area contributed by atoms with Gasteiger partial charge in [-0.25, -0.2) is 0 Å². The molecule has 130 valence electrons. The standard InChI is InChI=1S/C17H24N4O3/c1-11(2)16-20-17(24-21-16)15(12-5-8-23-9-6-12)19-14(22)10-13-4-3-7-18-13/h3-4,7,11-12,15,18H,5-6,8-10H2,1-2H3,(H,19,22)/t15-/m1/s1. The van der Waals surface area contributed by atoms with Crippen LogP contribution in [-0.2, 0) is 16.0 Å². The van der Waals surface area contributed by atoms with Gasteiger partial charge in [-0.2, -0.15) is 4.98 Å². The van der Waals surface area contributed by atoms with Crippen LogP contribution >= 0.6 is 0 Å². The molecule has 0 aromatic carbocycles. The Balaban J connectivity index is 1.74. The van der Waals surface area contributed by atoms with Gasteiger partial charge in [0, 0.05) is 31.0 Å². The average molecular weight is 332 g/mol. The van der Waals surface area contributed by atoms with Crippen molar-refractivity contribution < 1.29 is 14.1 Å². The van der Waals surface area contributed by atoms with Crippen LogP contribution < -0.4 is 5.32 Å². The monoisotopic (exact) mass is 332 g/mol. The van der Waals surface area contributed by atoms with Crippen molar-refractivity contribution in [3.63, 3.8) is 0 Å². The van der Waals surface area contributed by atoms with Gasteiger partial charge in [0.1, 0.15) is 6.04 Å². The topological polar surface area (TPSA) is 93.0 Å². The highest BCUT2D eigenvalue weighted by atomic mass is 16.5. The third-order valence-electron chi connectivity index (χ3n) is 4.31. The lowest BCUT2D eigenvalue weighted by atomic mass is 9.91. The molecule has 0 bridgehead atoms. The zero-order valence-corrected chi connectivity index (χ0v) is 14.1. The summed E-state index contributed by atoms with van der Waals surface area (Å²) in [5.41, 5.74) is 0.881. The van der Waals surface area contributed by atoms with E-state index in [1.165, 1.54) is 0 Å². The Kier molecular flexibility index (Phi) is 5.30. The quantitative estimate of drug-likeness (QED) is 0.847. The molecule has 1 saturated heterocycles. The molecule has 1 aliphatic rings. The molecule has 3 heterocycles. The van der Waals surface area contributed by atoms with E-state index < -0.39 is 0 Å². The van der Waals surface area contributed by atoms with Crippen LogP contribution in [0.4, 0.5) is 0 Å². The molecule has 2 aromatic rings. The molecule has 24 heavy (non-hydrogen) atoms. The molecule has 0 aliphatic carbocycles. The van der Waals surface area contributed by atoms with Gasteiger partial charge in [0.15, 0.2) is 5.82 Å². The van der Waals surface area contributed by atoms with Gasteiger partial charge in [-0.3, -0.25) is 4.79 Å². The Bertz CT molecular complexity index is 645. The third-order valence-corrected chi connectivity index (χ3v) is 4.31. The van der Waals surface area contributed by atoms with E-state index >= 15 is 0 Å². The van der Waals surface area contributed by atoms with Crippen LogP contribution in [0.1, 0.15) is 56.1 Å². The average Bonchev–Trinajstić information content (AvgIpc) is 3.25. The van der Waals surface area contributed by atoms with Crippen LogP contribution in [0.15, 0.2) is 22.9 Å². The summed E-state index contributed by atoms with van der Waals surface area (Å²) in [6, 6.07) is 3.51. The molecule has 0 spiro atoms. The maximum Gasteiger partial charge on any atom is 0.249 e. The summed E-state index contributed by atoms with van der Waals surface area (Å²) in [5.74, 6) is 1.53. The van der Waals surface area contributed by atoms with E-state index in [1.54, 1.807) is 0 Å². The Labute approximate surface area is 141 Å². The number of carbonyl (C=O) groups excluding carboxylic acids is 1. The molecule has 7 heteroatoms. The minimum Gasteiger partial charge on any atom is -0.381 e. The number of nitrogens with zero attached hydrogens (tertiary/aromatic N) is 2. The van der Waals surface area contributed by atoms with Gasteiger partial charge in [-0.1, -0.05) is 19.0 Å². The van der Waals surface area contributed by atoms with E-state index in [-0.39, 0.29) is 23.8 Å². The van der Waals surface area contributed by atoms with Crippen LogP contribution in [0, 0.1) is 5.92 Å². The first-order valence-electron chi connectivity index (χ1n) is 8.46. The number of ether oxygens (including phenoxy) is 1. The van der Waals surface area contributed by atoms with Gasteiger partial charge in [0.25, 0.3) is 0 Å². The number of rotatable bonds is 6. The largest absolute Gasteiger partial charge is 0.381 e. The van der Waals surface area contributed by atoms with Gasteiger partial charge in [0.2, 0.25) is 11.8 Å². The van der Waals surface area contributed by atoms with E-state index in [0.29, 0.717) is 31.3 Å².